The van der Waals surface area contributed by atoms with Crippen molar-refractivity contribution in [1.82, 2.24) is 9.13 Å². The molecule has 35 heavy (non-hydrogen) atoms. The molecule has 0 bridgehead atoms. The van der Waals surface area contributed by atoms with Gasteiger partial charge >= 0.3 is 0 Å². The lowest BCUT2D eigenvalue weighted by Crippen LogP contribution is -1.97. The van der Waals surface area contributed by atoms with Crippen LogP contribution in [-0.4, -0.2) is 9.13 Å². The predicted octanol–water partition coefficient (Wildman–Crippen LogP) is 9.00. The molecule has 0 spiro atoms. The van der Waals surface area contributed by atoms with Crippen LogP contribution in [0.15, 0.2) is 115 Å². The van der Waals surface area contributed by atoms with Gasteiger partial charge in [-0.25, -0.2) is 0 Å². The van der Waals surface area contributed by atoms with Gasteiger partial charge < -0.3 is 9.13 Å². The second kappa shape index (κ2) is 7.61. The van der Waals surface area contributed by atoms with Crippen molar-refractivity contribution in [2.45, 2.75) is 19.8 Å². The zero-order valence-corrected chi connectivity index (χ0v) is 19.9. The van der Waals surface area contributed by atoms with E-state index in [-0.39, 0.29) is 0 Å². The van der Waals surface area contributed by atoms with Crippen LogP contribution >= 0.6 is 0 Å². The SMILES string of the molecule is CC(C)c1cccc(-n2c3ccccc3c3cc(-n4c5ccccc5c5ccccc54)ccc32)c1. The van der Waals surface area contributed by atoms with Gasteiger partial charge in [-0.15, -0.1) is 0 Å². The summed E-state index contributed by atoms with van der Waals surface area (Å²) in [5.74, 6) is 0.491. The number of nitrogens with zero attached hydrogens (tertiary/aromatic N) is 2. The Morgan fingerprint density at radius 3 is 1.49 bits per heavy atom. The second-order valence-corrected chi connectivity index (χ2v) is 9.67. The number of benzene rings is 5. The van der Waals surface area contributed by atoms with Gasteiger partial charge in [-0.2, -0.15) is 0 Å². The van der Waals surface area contributed by atoms with Crippen molar-refractivity contribution >= 4 is 43.6 Å². The smallest absolute Gasteiger partial charge is 0.0542 e. The highest BCUT2D eigenvalue weighted by atomic mass is 15.0. The Morgan fingerprint density at radius 2 is 0.914 bits per heavy atom. The van der Waals surface area contributed by atoms with Gasteiger partial charge in [0.1, 0.15) is 0 Å². The third-order valence-corrected chi connectivity index (χ3v) is 7.29. The van der Waals surface area contributed by atoms with Crippen LogP contribution in [0.25, 0.3) is 55.0 Å². The average molecular weight is 451 g/mol. The van der Waals surface area contributed by atoms with Gasteiger partial charge in [0.2, 0.25) is 0 Å². The number of hydrogen-bond donors (Lipinski definition) is 0. The number of aromatic nitrogens is 2. The molecule has 168 valence electrons. The summed E-state index contributed by atoms with van der Waals surface area (Å²) in [6, 6.07) is 42.0. The van der Waals surface area contributed by atoms with Crippen molar-refractivity contribution < 1.29 is 0 Å². The minimum atomic E-state index is 0.491. The Hall–Kier alpha value is -4.30. The number of hydrogen-bond acceptors (Lipinski definition) is 0. The molecule has 0 radical (unpaired) electrons. The van der Waals surface area contributed by atoms with E-state index in [1.165, 1.54) is 60.5 Å². The van der Waals surface area contributed by atoms with Crippen LogP contribution in [0.5, 0.6) is 0 Å². The maximum absolute atomic E-state index is 2.41. The molecule has 0 atom stereocenters. The van der Waals surface area contributed by atoms with E-state index in [0.29, 0.717) is 5.92 Å². The van der Waals surface area contributed by atoms with Gasteiger partial charge in [-0.05, 0) is 60.0 Å². The molecule has 0 fully saturated rings. The highest BCUT2D eigenvalue weighted by molar-refractivity contribution is 6.12. The Balaban J connectivity index is 1.55. The maximum Gasteiger partial charge on any atom is 0.0542 e. The number of para-hydroxylation sites is 3. The van der Waals surface area contributed by atoms with E-state index < -0.39 is 0 Å². The molecule has 0 amide bonds. The molecular weight excluding hydrogens is 424 g/mol. The highest BCUT2D eigenvalue weighted by Crippen LogP contribution is 2.37. The van der Waals surface area contributed by atoms with Crippen LogP contribution in [-0.2, 0) is 0 Å². The molecule has 0 N–H and O–H groups in total. The van der Waals surface area contributed by atoms with E-state index in [0.717, 1.165) is 0 Å². The largest absolute Gasteiger partial charge is 0.309 e. The summed E-state index contributed by atoms with van der Waals surface area (Å²) in [7, 11) is 0. The molecule has 7 aromatic rings. The molecule has 2 nitrogen and oxygen atoms in total. The molecule has 0 aliphatic rings. The first-order valence-electron chi connectivity index (χ1n) is 12.3. The fourth-order valence-electron chi connectivity index (χ4n) is 5.60. The third-order valence-electron chi connectivity index (χ3n) is 7.29. The summed E-state index contributed by atoms with van der Waals surface area (Å²) < 4.78 is 4.81. The van der Waals surface area contributed by atoms with E-state index in [1.54, 1.807) is 0 Å². The second-order valence-electron chi connectivity index (χ2n) is 9.67. The van der Waals surface area contributed by atoms with E-state index in [2.05, 4.69) is 138 Å². The standard InChI is InChI=1S/C33H26N2/c1-22(2)23-10-9-11-24(20-23)34-32-17-8-5-14-28(32)29-21-25(18-19-33(29)34)35-30-15-6-3-12-26(30)27-13-4-7-16-31(27)35/h3-22H,1-2H3. The summed E-state index contributed by atoms with van der Waals surface area (Å²) in [4.78, 5) is 0. The van der Waals surface area contributed by atoms with E-state index >= 15 is 0 Å². The number of fused-ring (bicyclic) bond motifs is 6. The lowest BCUT2D eigenvalue weighted by Gasteiger charge is -2.12. The normalized spacial score (nSPS) is 12.0. The Morgan fingerprint density at radius 1 is 0.429 bits per heavy atom. The van der Waals surface area contributed by atoms with Gasteiger partial charge in [0.05, 0.1) is 22.1 Å². The summed E-state index contributed by atoms with van der Waals surface area (Å²) >= 11 is 0. The summed E-state index contributed by atoms with van der Waals surface area (Å²) in [5, 5.41) is 5.13. The van der Waals surface area contributed by atoms with Crippen LogP contribution in [0.4, 0.5) is 0 Å². The van der Waals surface area contributed by atoms with Crippen molar-refractivity contribution in [3.63, 3.8) is 0 Å². The number of rotatable bonds is 3. The zero-order chi connectivity index (χ0) is 23.5. The summed E-state index contributed by atoms with van der Waals surface area (Å²) in [6.45, 7) is 4.51. The lowest BCUT2D eigenvalue weighted by molar-refractivity contribution is 0.864. The first-order chi connectivity index (χ1) is 17.2. The van der Waals surface area contributed by atoms with Gasteiger partial charge in [0.15, 0.2) is 0 Å². The Kier molecular flexibility index (Phi) is 4.37. The van der Waals surface area contributed by atoms with Gasteiger partial charge in [-0.3, -0.25) is 0 Å². The maximum atomic E-state index is 2.41. The monoisotopic (exact) mass is 450 g/mol. The van der Waals surface area contributed by atoms with Crippen molar-refractivity contribution in [2.24, 2.45) is 0 Å². The van der Waals surface area contributed by atoms with Crippen LogP contribution < -0.4 is 0 Å². The first kappa shape index (κ1) is 20.1. The fraction of sp³-hybridized carbons (Fsp3) is 0.0909. The lowest BCUT2D eigenvalue weighted by atomic mass is 10.0. The molecule has 5 aromatic carbocycles. The Bertz CT molecular complexity index is 1830. The van der Waals surface area contributed by atoms with E-state index in [4.69, 9.17) is 0 Å². The molecule has 7 rings (SSSR count). The summed E-state index contributed by atoms with van der Waals surface area (Å²) in [6.07, 6.45) is 0. The van der Waals surface area contributed by atoms with E-state index in [1.807, 2.05) is 0 Å². The first-order valence-corrected chi connectivity index (χ1v) is 12.3. The van der Waals surface area contributed by atoms with Crippen LogP contribution in [0.2, 0.25) is 0 Å². The van der Waals surface area contributed by atoms with E-state index in [9.17, 15) is 0 Å². The average Bonchev–Trinajstić information content (AvgIpc) is 3.41. The van der Waals surface area contributed by atoms with Crippen molar-refractivity contribution in [3.05, 3.63) is 121 Å². The molecule has 2 aromatic heterocycles. The quantitative estimate of drug-likeness (QED) is 0.254. The van der Waals surface area contributed by atoms with Crippen molar-refractivity contribution in [1.29, 1.82) is 0 Å². The fourth-order valence-corrected chi connectivity index (χ4v) is 5.60. The Labute approximate surface area is 204 Å². The van der Waals surface area contributed by atoms with Crippen LogP contribution in [0.3, 0.4) is 0 Å². The highest BCUT2D eigenvalue weighted by Gasteiger charge is 2.16. The molecular formula is C33H26N2. The van der Waals surface area contributed by atoms with Gasteiger partial charge in [-0.1, -0.05) is 80.6 Å². The molecule has 0 aliphatic heterocycles. The predicted molar refractivity (Wildman–Crippen MR) is 149 cm³/mol. The molecule has 2 heterocycles. The molecule has 0 saturated heterocycles. The molecule has 0 unspecified atom stereocenters. The van der Waals surface area contributed by atoms with Crippen LogP contribution in [0.1, 0.15) is 25.3 Å². The molecule has 0 aliphatic carbocycles. The van der Waals surface area contributed by atoms with Crippen LogP contribution in [0, 0.1) is 0 Å². The van der Waals surface area contributed by atoms with Crippen molar-refractivity contribution in [3.8, 4) is 11.4 Å². The minimum absolute atomic E-state index is 0.491. The minimum Gasteiger partial charge on any atom is -0.309 e. The third kappa shape index (κ3) is 2.96. The molecule has 0 saturated carbocycles. The summed E-state index contributed by atoms with van der Waals surface area (Å²) in [5.41, 5.74) is 8.71. The van der Waals surface area contributed by atoms with Gasteiger partial charge in [0, 0.05) is 32.9 Å². The van der Waals surface area contributed by atoms with Crippen molar-refractivity contribution in [2.75, 3.05) is 0 Å². The van der Waals surface area contributed by atoms with Gasteiger partial charge in [0.25, 0.3) is 0 Å². The zero-order valence-electron chi connectivity index (χ0n) is 19.9. The molecule has 2 heteroatoms. The topological polar surface area (TPSA) is 9.86 Å².